The minimum Gasteiger partial charge on any atom is -0.493 e. The number of benzene rings is 2. The van der Waals surface area contributed by atoms with Gasteiger partial charge in [0.1, 0.15) is 0 Å². The van der Waals surface area contributed by atoms with Gasteiger partial charge in [-0.3, -0.25) is 9.59 Å². The summed E-state index contributed by atoms with van der Waals surface area (Å²) in [4.78, 5) is 40.6. The Bertz CT molecular complexity index is 1120. The number of imidazole rings is 1. The highest BCUT2D eigenvalue weighted by Crippen LogP contribution is 2.38. The second-order valence-electron chi connectivity index (χ2n) is 6.54. The lowest BCUT2D eigenvalue weighted by molar-refractivity contribution is -0.120. The van der Waals surface area contributed by atoms with Gasteiger partial charge in [0, 0.05) is 5.56 Å². The van der Waals surface area contributed by atoms with Gasteiger partial charge in [0.25, 0.3) is 11.8 Å². The van der Waals surface area contributed by atoms with E-state index < -0.39 is 5.91 Å². The molecule has 0 aliphatic carbocycles. The van der Waals surface area contributed by atoms with E-state index in [-0.39, 0.29) is 47.1 Å². The molecule has 3 rings (SSSR count). The van der Waals surface area contributed by atoms with Crippen LogP contribution in [0.3, 0.4) is 0 Å². The second-order valence-corrected chi connectivity index (χ2v) is 6.54. The van der Waals surface area contributed by atoms with E-state index in [0.717, 1.165) is 5.56 Å². The lowest BCUT2D eigenvalue weighted by Gasteiger charge is -2.17. The van der Waals surface area contributed by atoms with E-state index in [0.29, 0.717) is 11.0 Å². The molecular formula is C20H22N4O6. The predicted octanol–water partition coefficient (Wildman–Crippen LogP) is 1.23. The summed E-state index contributed by atoms with van der Waals surface area (Å²) in [6, 6.07) is 7.99. The van der Waals surface area contributed by atoms with Gasteiger partial charge in [-0.2, -0.15) is 0 Å². The molecule has 0 saturated carbocycles. The van der Waals surface area contributed by atoms with Gasteiger partial charge >= 0.3 is 5.69 Å². The number of rotatable bonds is 8. The van der Waals surface area contributed by atoms with Crippen LogP contribution in [0.25, 0.3) is 11.0 Å². The maximum atomic E-state index is 12.8. The summed E-state index contributed by atoms with van der Waals surface area (Å²) >= 11 is 0. The largest absolute Gasteiger partial charge is 0.493 e. The zero-order valence-corrected chi connectivity index (χ0v) is 16.7. The molecule has 0 saturated heterocycles. The van der Waals surface area contributed by atoms with Crippen LogP contribution in [0.1, 0.15) is 28.9 Å². The third-order valence-electron chi connectivity index (χ3n) is 4.47. The Balaban J connectivity index is 1.84. The molecule has 0 radical (unpaired) electrons. The molecule has 0 aliphatic heterocycles. The van der Waals surface area contributed by atoms with Gasteiger partial charge in [-0.15, -0.1) is 0 Å². The molecule has 1 unspecified atom stereocenters. The number of nitrogens with two attached hydrogens (primary N) is 1. The Morgan fingerprint density at radius 3 is 2.30 bits per heavy atom. The van der Waals surface area contributed by atoms with Crippen molar-refractivity contribution in [2.45, 2.75) is 13.0 Å². The summed E-state index contributed by atoms with van der Waals surface area (Å²) in [5.74, 6) is -0.414. The number of aromatic amines is 2. The van der Waals surface area contributed by atoms with Gasteiger partial charge in [0.2, 0.25) is 5.75 Å². The van der Waals surface area contributed by atoms with Crippen LogP contribution in [-0.4, -0.2) is 42.6 Å². The lowest BCUT2D eigenvalue weighted by Crippen LogP contribution is -2.26. The third-order valence-corrected chi connectivity index (χ3v) is 4.47. The first-order chi connectivity index (χ1) is 14.3. The van der Waals surface area contributed by atoms with E-state index in [1.54, 1.807) is 12.1 Å². The Kier molecular flexibility index (Phi) is 5.95. The summed E-state index contributed by atoms with van der Waals surface area (Å²) in [7, 11) is 2.81. The Hall–Kier alpha value is -3.95. The van der Waals surface area contributed by atoms with Crippen molar-refractivity contribution in [2.75, 3.05) is 20.8 Å². The molecule has 3 aromatic rings. The maximum Gasteiger partial charge on any atom is 0.323 e. The Morgan fingerprint density at radius 1 is 1.07 bits per heavy atom. The van der Waals surface area contributed by atoms with E-state index in [4.69, 9.17) is 19.9 Å². The van der Waals surface area contributed by atoms with Gasteiger partial charge in [-0.25, -0.2) is 4.79 Å². The average Bonchev–Trinajstić information content (AvgIpc) is 3.10. The molecule has 0 fully saturated rings. The lowest BCUT2D eigenvalue weighted by atomic mass is 10.1. The molecule has 10 heteroatoms. The quantitative estimate of drug-likeness (QED) is 0.436. The van der Waals surface area contributed by atoms with Crippen molar-refractivity contribution in [3.05, 3.63) is 51.9 Å². The molecule has 30 heavy (non-hydrogen) atoms. The summed E-state index contributed by atoms with van der Waals surface area (Å²) in [6.45, 7) is 1.46. The number of carbonyl (C=O) groups is 2. The zero-order chi connectivity index (χ0) is 21.8. The van der Waals surface area contributed by atoms with E-state index in [2.05, 4.69) is 15.3 Å². The zero-order valence-electron chi connectivity index (χ0n) is 16.7. The van der Waals surface area contributed by atoms with Crippen LogP contribution in [0.5, 0.6) is 17.2 Å². The van der Waals surface area contributed by atoms with E-state index in [1.807, 2.05) is 13.0 Å². The van der Waals surface area contributed by atoms with Crippen LogP contribution in [0.4, 0.5) is 0 Å². The summed E-state index contributed by atoms with van der Waals surface area (Å²) < 4.78 is 15.9. The SMILES string of the molecule is COc1cc(C(=O)NC(C)c2ccc3[nH]c(=O)[nH]c3c2)cc(OC)c1OCC(N)=O. The van der Waals surface area contributed by atoms with Gasteiger partial charge in [0.05, 0.1) is 31.3 Å². The molecule has 10 nitrogen and oxygen atoms in total. The molecule has 5 N–H and O–H groups in total. The first kappa shape index (κ1) is 20.8. The van der Waals surface area contributed by atoms with Gasteiger partial charge in [0.15, 0.2) is 18.1 Å². The number of primary amides is 1. The van der Waals surface area contributed by atoms with E-state index in [9.17, 15) is 14.4 Å². The molecule has 158 valence electrons. The highest BCUT2D eigenvalue weighted by atomic mass is 16.5. The number of hydrogen-bond acceptors (Lipinski definition) is 6. The van der Waals surface area contributed by atoms with Crippen molar-refractivity contribution in [3.63, 3.8) is 0 Å². The van der Waals surface area contributed by atoms with Crippen LogP contribution >= 0.6 is 0 Å². The number of carbonyl (C=O) groups excluding carboxylic acids is 2. The average molecular weight is 414 g/mol. The molecule has 2 aromatic carbocycles. The number of hydrogen-bond donors (Lipinski definition) is 4. The number of amides is 2. The molecule has 1 heterocycles. The smallest absolute Gasteiger partial charge is 0.323 e. The van der Waals surface area contributed by atoms with Crippen molar-refractivity contribution in [1.82, 2.24) is 15.3 Å². The van der Waals surface area contributed by atoms with Crippen LogP contribution in [0, 0.1) is 0 Å². The van der Waals surface area contributed by atoms with Crippen LogP contribution in [-0.2, 0) is 4.79 Å². The molecule has 1 atom stereocenters. The monoisotopic (exact) mass is 414 g/mol. The first-order valence-corrected chi connectivity index (χ1v) is 9.02. The predicted molar refractivity (Wildman–Crippen MR) is 109 cm³/mol. The van der Waals surface area contributed by atoms with E-state index >= 15 is 0 Å². The third kappa shape index (κ3) is 4.37. The Labute approximate surface area is 171 Å². The normalized spacial score (nSPS) is 11.7. The van der Waals surface area contributed by atoms with Gasteiger partial charge in [-0.1, -0.05) is 6.07 Å². The number of aromatic nitrogens is 2. The fraction of sp³-hybridized carbons (Fsp3) is 0.250. The Morgan fingerprint density at radius 2 is 1.70 bits per heavy atom. The summed E-state index contributed by atoms with van der Waals surface area (Å²) in [6.07, 6.45) is 0. The van der Waals surface area contributed by atoms with Gasteiger partial charge < -0.3 is 35.2 Å². The highest BCUT2D eigenvalue weighted by molar-refractivity contribution is 5.96. The van der Waals surface area contributed by atoms with Crippen molar-refractivity contribution in [2.24, 2.45) is 5.73 Å². The molecule has 1 aromatic heterocycles. The number of ether oxygens (including phenoxy) is 3. The molecule has 0 aliphatic rings. The summed E-state index contributed by atoms with van der Waals surface area (Å²) in [5.41, 5.74) is 7.24. The highest BCUT2D eigenvalue weighted by Gasteiger charge is 2.20. The second kappa shape index (κ2) is 8.60. The summed E-state index contributed by atoms with van der Waals surface area (Å²) in [5, 5.41) is 2.89. The standard InChI is InChI=1S/C20H22N4O6/c1-10(11-4-5-13-14(6-11)24-20(27)23-13)22-19(26)12-7-15(28-2)18(16(8-12)29-3)30-9-17(21)25/h4-8,10H,9H2,1-3H3,(H2,21,25)(H,22,26)(H2,23,24,27). The maximum absolute atomic E-state index is 12.8. The number of methoxy groups -OCH3 is 2. The number of fused-ring (bicyclic) bond motifs is 1. The minimum absolute atomic E-state index is 0.172. The molecular weight excluding hydrogens is 392 g/mol. The first-order valence-electron chi connectivity index (χ1n) is 9.02. The van der Waals surface area contributed by atoms with E-state index in [1.165, 1.54) is 26.4 Å². The van der Waals surface area contributed by atoms with Crippen molar-refractivity contribution in [1.29, 1.82) is 0 Å². The van der Waals surface area contributed by atoms with Gasteiger partial charge in [-0.05, 0) is 36.8 Å². The topological polar surface area (TPSA) is 149 Å². The fourth-order valence-electron chi connectivity index (χ4n) is 2.98. The number of nitrogens with one attached hydrogen (secondary N) is 3. The van der Waals surface area contributed by atoms with Crippen LogP contribution in [0.2, 0.25) is 0 Å². The fourth-order valence-corrected chi connectivity index (χ4v) is 2.98. The minimum atomic E-state index is -0.657. The molecule has 0 bridgehead atoms. The molecule has 2 amide bonds. The van der Waals surface area contributed by atoms with Crippen LogP contribution < -0.4 is 31.0 Å². The van der Waals surface area contributed by atoms with Crippen molar-refractivity contribution in [3.8, 4) is 17.2 Å². The van der Waals surface area contributed by atoms with Crippen LogP contribution in [0.15, 0.2) is 35.1 Å². The molecule has 0 spiro atoms. The van der Waals surface area contributed by atoms with Crippen molar-refractivity contribution < 1.29 is 23.8 Å². The van der Waals surface area contributed by atoms with Crippen molar-refractivity contribution >= 4 is 22.8 Å². The number of H-pyrrole nitrogens is 2.